The number of carbonyl (C=O) groups excluding carboxylic acids is 3. The van der Waals surface area contributed by atoms with Crippen molar-refractivity contribution >= 4 is 28.8 Å². The molecule has 2 aromatic carbocycles. The van der Waals surface area contributed by atoms with Crippen molar-refractivity contribution in [2.45, 2.75) is 44.6 Å². The Kier molecular flexibility index (Phi) is 7.69. The lowest BCUT2D eigenvalue weighted by Gasteiger charge is -2.39. The Bertz CT molecular complexity index is 1100. The summed E-state index contributed by atoms with van der Waals surface area (Å²) in [6.45, 7) is 2.34. The molecule has 1 saturated heterocycles. The monoisotopic (exact) mass is 480 g/mol. The van der Waals surface area contributed by atoms with Crippen LogP contribution in [0.3, 0.4) is 0 Å². The molecule has 1 aliphatic rings. The van der Waals surface area contributed by atoms with Gasteiger partial charge >= 0.3 is 5.97 Å². The number of aliphatic hydroxyl groups excluding tert-OH is 3. The van der Waals surface area contributed by atoms with E-state index in [4.69, 9.17) is 14.2 Å². The normalized spacial score (nSPS) is 24.5. The number of phenols is 1. The third-order valence-electron chi connectivity index (χ3n) is 5.32. The zero-order chi connectivity index (χ0) is 25.2. The standard InChI is InChI=1S/C22H24O12/c1-9-4-11-5-12(30-3)6-13(17(11)19(27)16(9)10(2)24)32-22-21(29)20(28)18(26)14(33-22)8-31-34-15(25)7-23/h4-7,14,18,20-22,26-29H,8H2,1-3H3. The number of carbonyl (C=O) groups is 3. The fourth-order valence-corrected chi connectivity index (χ4v) is 3.71. The first-order chi connectivity index (χ1) is 16.1. The molecule has 5 unspecified atom stereocenters. The summed E-state index contributed by atoms with van der Waals surface area (Å²) in [6, 6.07) is 4.63. The SMILES string of the molecule is COc1cc(OC2OC(COOC(=O)C=O)C(O)C(O)C2O)c2c(O)c(C(C)=O)c(C)cc2c1. The summed E-state index contributed by atoms with van der Waals surface area (Å²) in [4.78, 5) is 41.9. The zero-order valence-corrected chi connectivity index (χ0v) is 18.5. The Morgan fingerprint density at radius 2 is 1.82 bits per heavy atom. The predicted molar refractivity (Wildman–Crippen MR) is 112 cm³/mol. The van der Waals surface area contributed by atoms with Crippen molar-refractivity contribution in [2.24, 2.45) is 0 Å². The van der Waals surface area contributed by atoms with Gasteiger partial charge in [0, 0.05) is 6.07 Å². The van der Waals surface area contributed by atoms with Crippen molar-refractivity contribution in [1.82, 2.24) is 0 Å². The van der Waals surface area contributed by atoms with Crippen LogP contribution < -0.4 is 9.47 Å². The number of ketones is 1. The van der Waals surface area contributed by atoms with Gasteiger partial charge in [-0.2, -0.15) is 4.89 Å². The molecule has 12 nitrogen and oxygen atoms in total. The number of Topliss-reactive ketones (excluding diaryl/α,β-unsaturated/α-hetero) is 1. The minimum atomic E-state index is -1.75. The summed E-state index contributed by atoms with van der Waals surface area (Å²) >= 11 is 0. The number of aldehydes is 1. The molecule has 5 atom stereocenters. The number of fused-ring (bicyclic) bond motifs is 1. The highest BCUT2D eigenvalue weighted by Crippen LogP contribution is 2.42. The summed E-state index contributed by atoms with van der Waals surface area (Å²) in [5.41, 5.74) is 0.595. The molecule has 1 heterocycles. The van der Waals surface area contributed by atoms with Gasteiger partial charge in [-0.05, 0) is 30.9 Å². The maximum absolute atomic E-state index is 12.1. The molecule has 12 heteroatoms. The highest BCUT2D eigenvalue weighted by molar-refractivity contribution is 6.20. The van der Waals surface area contributed by atoms with Crippen LogP contribution in [0.5, 0.6) is 17.2 Å². The highest BCUT2D eigenvalue weighted by atomic mass is 17.2. The Labute approximate surface area is 193 Å². The lowest BCUT2D eigenvalue weighted by Crippen LogP contribution is -2.60. The molecule has 0 aromatic heterocycles. The molecule has 1 aliphatic heterocycles. The molecule has 0 spiro atoms. The molecule has 0 aliphatic carbocycles. The van der Waals surface area contributed by atoms with Crippen molar-refractivity contribution < 1.29 is 58.8 Å². The first kappa shape index (κ1) is 25.3. The molecule has 2 aromatic rings. The number of methoxy groups -OCH3 is 1. The topological polar surface area (TPSA) is 178 Å². The molecule has 184 valence electrons. The van der Waals surface area contributed by atoms with Gasteiger partial charge in [0.25, 0.3) is 0 Å². The van der Waals surface area contributed by atoms with Crippen LogP contribution in [-0.2, 0) is 24.1 Å². The molecule has 1 fully saturated rings. The molecule has 0 bridgehead atoms. The van der Waals surface area contributed by atoms with E-state index in [1.54, 1.807) is 19.1 Å². The van der Waals surface area contributed by atoms with Crippen molar-refractivity contribution in [3.05, 3.63) is 29.3 Å². The van der Waals surface area contributed by atoms with Crippen LogP contribution in [0.2, 0.25) is 0 Å². The smallest absolute Gasteiger partial charge is 0.405 e. The fourth-order valence-electron chi connectivity index (χ4n) is 3.71. The lowest BCUT2D eigenvalue weighted by atomic mass is 9.96. The van der Waals surface area contributed by atoms with Crippen LogP contribution in [-0.4, -0.2) is 82.9 Å². The second-order valence-electron chi connectivity index (χ2n) is 7.63. The van der Waals surface area contributed by atoms with Crippen LogP contribution >= 0.6 is 0 Å². The van der Waals surface area contributed by atoms with Crippen molar-refractivity contribution in [1.29, 1.82) is 0 Å². The number of phenolic OH excluding ortho intramolecular Hbond substituents is 1. The van der Waals surface area contributed by atoms with Gasteiger partial charge in [-0.15, -0.1) is 0 Å². The molecule has 0 saturated carbocycles. The maximum atomic E-state index is 12.1. The third-order valence-corrected chi connectivity index (χ3v) is 5.32. The number of aromatic hydroxyl groups is 1. The van der Waals surface area contributed by atoms with E-state index in [-0.39, 0.29) is 34.5 Å². The van der Waals surface area contributed by atoms with Gasteiger partial charge in [0.05, 0.1) is 18.1 Å². The summed E-state index contributed by atoms with van der Waals surface area (Å²) in [6.07, 6.45) is -8.24. The zero-order valence-electron chi connectivity index (χ0n) is 18.5. The fraction of sp³-hybridized carbons (Fsp3) is 0.409. The van der Waals surface area contributed by atoms with Crippen LogP contribution in [0.4, 0.5) is 0 Å². The van der Waals surface area contributed by atoms with Gasteiger partial charge in [0.2, 0.25) is 12.6 Å². The highest BCUT2D eigenvalue weighted by Gasteiger charge is 2.45. The Hall–Kier alpha value is -3.29. The van der Waals surface area contributed by atoms with E-state index in [0.717, 1.165) is 0 Å². The van der Waals surface area contributed by atoms with E-state index in [1.807, 2.05) is 0 Å². The Morgan fingerprint density at radius 1 is 1.12 bits per heavy atom. The average Bonchev–Trinajstić information content (AvgIpc) is 2.79. The second kappa shape index (κ2) is 10.3. The van der Waals surface area contributed by atoms with Gasteiger partial charge in [0.1, 0.15) is 48.3 Å². The molecular weight excluding hydrogens is 456 g/mol. The van der Waals surface area contributed by atoms with E-state index in [1.165, 1.54) is 20.1 Å². The number of benzene rings is 2. The molecular formula is C22H24O12. The Morgan fingerprint density at radius 3 is 2.44 bits per heavy atom. The summed E-state index contributed by atoms with van der Waals surface area (Å²) in [5, 5.41) is 42.3. The molecule has 0 amide bonds. The third kappa shape index (κ3) is 4.95. The second-order valence-corrected chi connectivity index (χ2v) is 7.63. The maximum Gasteiger partial charge on any atom is 0.405 e. The van der Waals surface area contributed by atoms with Crippen molar-refractivity contribution in [3.63, 3.8) is 0 Å². The van der Waals surface area contributed by atoms with E-state index in [2.05, 4.69) is 9.78 Å². The summed E-state index contributed by atoms with van der Waals surface area (Å²) in [5.74, 6) is -1.79. The van der Waals surface area contributed by atoms with Gasteiger partial charge in [-0.1, -0.05) is 6.07 Å². The number of hydrogen-bond donors (Lipinski definition) is 4. The van der Waals surface area contributed by atoms with Crippen LogP contribution in [0.1, 0.15) is 22.8 Å². The van der Waals surface area contributed by atoms with Gasteiger partial charge in [-0.25, -0.2) is 4.79 Å². The van der Waals surface area contributed by atoms with Crippen molar-refractivity contribution in [2.75, 3.05) is 13.7 Å². The number of hydrogen-bond acceptors (Lipinski definition) is 12. The van der Waals surface area contributed by atoms with E-state index >= 15 is 0 Å². The molecule has 4 N–H and O–H groups in total. The summed E-state index contributed by atoms with van der Waals surface area (Å²) < 4.78 is 16.5. The minimum Gasteiger partial charge on any atom is -0.506 e. The van der Waals surface area contributed by atoms with E-state index < -0.39 is 43.3 Å². The number of rotatable bonds is 8. The van der Waals surface area contributed by atoms with Gasteiger partial charge in [-0.3, -0.25) is 14.5 Å². The van der Waals surface area contributed by atoms with Crippen LogP contribution in [0.15, 0.2) is 18.2 Å². The quantitative estimate of drug-likeness (QED) is 0.130. The lowest BCUT2D eigenvalue weighted by molar-refractivity contribution is -0.321. The molecule has 0 radical (unpaired) electrons. The largest absolute Gasteiger partial charge is 0.506 e. The first-order valence-corrected chi connectivity index (χ1v) is 10.1. The van der Waals surface area contributed by atoms with E-state index in [0.29, 0.717) is 16.7 Å². The number of aliphatic hydroxyl groups is 3. The predicted octanol–water partition coefficient (Wildman–Crippen LogP) is -0.0749. The van der Waals surface area contributed by atoms with E-state index in [9.17, 15) is 34.8 Å². The summed E-state index contributed by atoms with van der Waals surface area (Å²) in [7, 11) is 1.40. The Balaban J connectivity index is 1.97. The number of ether oxygens (including phenoxy) is 3. The first-order valence-electron chi connectivity index (χ1n) is 10.1. The number of aryl methyl sites for hydroxylation is 1. The minimum absolute atomic E-state index is 0.0472. The molecule has 3 rings (SSSR count). The van der Waals surface area contributed by atoms with Crippen LogP contribution in [0.25, 0.3) is 10.8 Å². The average molecular weight is 480 g/mol. The van der Waals surface area contributed by atoms with Gasteiger partial charge in [0.15, 0.2) is 5.78 Å². The van der Waals surface area contributed by atoms with Crippen molar-refractivity contribution in [3.8, 4) is 17.2 Å². The molecule has 34 heavy (non-hydrogen) atoms. The van der Waals surface area contributed by atoms with Gasteiger partial charge < -0.3 is 34.6 Å². The van der Waals surface area contributed by atoms with Crippen LogP contribution in [0, 0.1) is 6.92 Å².